The topological polar surface area (TPSA) is 104 Å². The van der Waals surface area contributed by atoms with Crippen molar-refractivity contribution in [2.75, 3.05) is 19.7 Å². The first kappa shape index (κ1) is 15.5. The number of fused-ring (bicyclic) bond motifs is 1. The van der Waals surface area contributed by atoms with E-state index in [9.17, 15) is 9.59 Å². The number of benzene rings is 1. The second-order valence-corrected chi connectivity index (χ2v) is 6.00. The van der Waals surface area contributed by atoms with Crippen molar-refractivity contribution in [3.63, 3.8) is 0 Å². The zero-order chi connectivity index (χ0) is 17.4. The molecule has 3 aromatic rings. The number of carbonyl (C=O) groups excluding carboxylic acids is 1. The number of para-hydroxylation sites is 1. The van der Waals surface area contributed by atoms with Gasteiger partial charge < -0.3 is 14.6 Å². The average molecular weight is 339 g/mol. The number of hydrogen-bond donors (Lipinski definition) is 2. The van der Waals surface area contributed by atoms with Gasteiger partial charge in [0.2, 0.25) is 0 Å². The number of aromatic amines is 2. The molecule has 1 aromatic carbocycles. The standard InChI is InChI=1S/C17H17N5O3/c1-10-8-14(23)19-16(18-10)13-9-22(6-7-25-13)17(24)15-11-4-2-3-5-12(11)20-21-15/h2-5,8,13H,6-7,9H2,1H3,(H,20,21)(H,18,19,23)/t13-/m1/s1. The third-order valence-electron chi connectivity index (χ3n) is 4.22. The van der Waals surface area contributed by atoms with Crippen LogP contribution < -0.4 is 5.56 Å². The van der Waals surface area contributed by atoms with Gasteiger partial charge in [-0.1, -0.05) is 18.2 Å². The Hall–Kier alpha value is -3.00. The third kappa shape index (κ3) is 2.91. The van der Waals surface area contributed by atoms with Crippen molar-refractivity contribution in [1.82, 2.24) is 25.1 Å². The van der Waals surface area contributed by atoms with Crippen LogP contribution >= 0.6 is 0 Å². The van der Waals surface area contributed by atoms with Gasteiger partial charge in [0.1, 0.15) is 11.9 Å². The average Bonchev–Trinajstić information content (AvgIpc) is 3.04. The number of hydrogen-bond acceptors (Lipinski definition) is 5. The summed E-state index contributed by atoms with van der Waals surface area (Å²) >= 11 is 0. The van der Waals surface area contributed by atoms with Crippen molar-refractivity contribution in [2.45, 2.75) is 13.0 Å². The molecule has 8 nitrogen and oxygen atoms in total. The molecule has 1 aliphatic rings. The number of amides is 1. The molecule has 0 saturated carbocycles. The van der Waals surface area contributed by atoms with Crippen molar-refractivity contribution in [3.8, 4) is 0 Å². The van der Waals surface area contributed by atoms with Crippen molar-refractivity contribution >= 4 is 16.8 Å². The Balaban J connectivity index is 1.60. The lowest BCUT2D eigenvalue weighted by Gasteiger charge is -2.32. The largest absolute Gasteiger partial charge is 0.367 e. The maximum absolute atomic E-state index is 12.9. The molecule has 3 heterocycles. The highest BCUT2D eigenvalue weighted by Gasteiger charge is 2.29. The molecular weight excluding hydrogens is 322 g/mol. The Labute approximate surface area is 142 Å². The zero-order valence-electron chi connectivity index (χ0n) is 13.7. The molecule has 1 saturated heterocycles. The van der Waals surface area contributed by atoms with E-state index < -0.39 is 6.10 Å². The van der Waals surface area contributed by atoms with E-state index in [-0.39, 0.29) is 11.5 Å². The van der Waals surface area contributed by atoms with E-state index >= 15 is 0 Å². The first-order valence-corrected chi connectivity index (χ1v) is 8.03. The van der Waals surface area contributed by atoms with E-state index in [1.807, 2.05) is 24.3 Å². The molecule has 1 aliphatic heterocycles. The second kappa shape index (κ2) is 6.14. The van der Waals surface area contributed by atoms with Gasteiger partial charge in [0.15, 0.2) is 5.69 Å². The van der Waals surface area contributed by atoms with Gasteiger partial charge in [-0.25, -0.2) is 4.98 Å². The summed E-state index contributed by atoms with van der Waals surface area (Å²) in [6.45, 7) is 2.90. The molecule has 0 radical (unpaired) electrons. The van der Waals surface area contributed by atoms with E-state index in [2.05, 4.69) is 20.2 Å². The SMILES string of the molecule is Cc1cc(=O)[nH]c([C@H]2CN(C(=O)c3n[nH]c4ccccc34)CCO2)n1. The van der Waals surface area contributed by atoms with Gasteiger partial charge >= 0.3 is 0 Å². The number of aryl methyl sites for hydroxylation is 1. The Morgan fingerprint density at radius 2 is 2.20 bits per heavy atom. The molecule has 1 amide bonds. The van der Waals surface area contributed by atoms with Crippen LogP contribution in [0.5, 0.6) is 0 Å². The number of H-pyrrole nitrogens is 2. The lowest BCUT2D eigenvalue weighted by molar-refractivity contribution is -0.0271. The summed E-state index contributed by atoms with van der Waals surface area (Å²) in [7, 11) is 0. The number of nitrogens with one attached hydrogen (secondary N) is 2. The molecule has 1 atom stereocenters. The van der Waals surface area contributed by atoms with Crippen molar-refractivity contribution in [3.05, 3.63) is 57.9 Å². The molecule has 2 N–H and O–H groups in total. The molecule has 0 bridgehead atoms. The minimum atomic E-state index is -0.462. The predicted molar refractivity (Wildman–Crippen MR) is 90.3 cm³/mol. The second-order valence-electron chi connectivity index (χ2n) is 6.00. The van der Waals surface area contributed by atoms with Crippen molar-refractivity contribution in [1.29, 1.82) is 0 Å². The molecular formula is C17H17N5O3. The Morgan fingerprint density at radius 1 is 1.36 bits per heavy atom. The first-order valence-electron chi connectivity index (χ1n) is 8.03. The fraction of sp³-hybridized carbons (Fsp3) is 0.294. The van der Waals surface area contributed by atoms with E-state index in [0.717, 1.165) is 10.9 Å². The molecule has 128 valence electrons. The molecule has 25 heavy (non-hydrogen) atoms. The summed E-state index contributed by atoms with van der Waals surface area (Å²) in [5, 5.41) is 7.83. The van der Waals surface area contributed by atoms with Crippen LogP contribution in [0.15, 0.2) is 35.1 Å². The molecule has 0 unspecified atom stereocenters. The third-order valence-corrected chi connectivity index (χ3v) is 4.22. The normalized spacial score (nSPS) is 17.8. The summed E-state index contributed by atoms with van der Waals surface area (Å²) in [4.78, 5) is 33.2. The molecule has 2 aromatic heterocycles. The van der Waals surface area contributed by atoms with E-state index in [1.165, 1.54) is 6.07 Å². The first-order chi connectivity index (χ1) is 12.1. The molecule has 1 fully saturated rings. The van der Waals surface area contributed by atoms with Crippen molar-refractivity contribution in [2.24, 2.45) is 0 Å². The summed E-state index contributed by atoms with van der Waals surface area (Å²) in [6.07, 6.45) is -0.462. The van der Waals surface area contributed by atoms with Crippen LogP contribution in [-0.2, 0) is 4.74 Å². The number of ether oxygens (including phenoxy) is 1. The highest BCUT2D eigenvalue weighted by atomic mass is 16.5. The van der Waals surface area contributed by atoms with Gasteiger partial charge in [-0.2, -0.15) is 5.10 Å². The predicted octanol–water partition coefficient (Wildman–Crippen LogP) is 1.17. The maximum atomic E-state index is 12.9. The monoisotopic (exact) mass is 339 g/mol. The highest BCUT2D eigenvalue weighted by Crippen LogP contribution is 2.22. The minimum absolute atomic E-state index is 0.166. The number of aromatic nitrogens is 4. The van der Waals surface area contributed by atoms with E-state index in [0.29, 0.717) is 36.9 Å². The van der Waals surface area contributed by atoms with Gasteiger partial charge in [0.05, 0.1) is 18.7 Å². The lowest BCUT2D eigenvalue weighted by Crippen LogP contribution is -2.43. The molecule has 0 spiro atoms. The van der Waals surface area contributed by atoms with E-state index in [1.54, 1.807) is 11.8 Å². The summed E-state index contributed by atoms with van der Waals surface area (Å²) in [5.41, 5.74) is 1.60. The summed E-state index contributed by atoms with van der Waals surface area (Å²) in [6, 6.07) is 8.93. The Morgan fingerprint density at radius 3 is 3.04 bits per heavy atom. The minimum Gasteiger partial charge on any atom is -0.367 e. The fourth-order valence-electron chi connectivity index (χ4n) is 3.03. The van der Waals surface area contributed by atoms with Crippen LogP contribution in [0.3, 0.4) is 0 Å². The smallest absolute Gasteiger partial charge is 0.275 e. The summed E-state index contributed by atoms with van der Waals surface area (Å²) in [5.74, 6) is 0.273. The number of carbonyl (C=O) groups is 1. The Kier molecular flexibility index (Phi) is 3.81. The van der Waals surface area contributed by atoms with Crippen molar-refractivity contribution < 1.29 is 9.53 Å². The molecule has 0 aliphatic carbocycles. The van der Waals surface area contributed by atoms with Gasteiger partial charge in [-0.15, -0.1) is 0 Å². The molecule has 8 heteroatoms. The van der Waals surface area contributed by atoms with Crippen LogP contribution in [0.1, 0.15) is 28.1 Å². The van der Waals surface area contributed by atoms with Crippen LogP contribution in [0.2, 0.25) is 0 Å². The van der Waals surface area contributed by atoms with Crippen LogP contribution in [-0.4, -0.2) is 50.7 Å². The Bertz CT molecular complexity index is 993. The van der Waals surface area contributed by atoms with Gasteiger partial charge in [0, 0.05) is 23.7 Å². The number of morpholine rings is 1. The highest BCUT2D eigenvalue weighted by molar-refractivity contribution is 6.04. The van der Waals surface area contributed by atoms with Crippen LogP contribution in [0, 0.1) is 6.92 Å². The maximum Gasteiger partial charge on any atom is 0.275 e. The van der Waals surface area contributed by atoms with Gasteiger partial charge in [0.25, 0.3) is 11.5 Å². The van der Waals surface area contributed by atoms with Gasteiger partial charge in [-0.05, 0) is 13.0 Å². The fourth-order valence-corrected chi connectivity index (χ4v) is 3.03. The van der Waals surface area contributed by atoms with Gasteiger partial charge in [-0.3, -0.25) is 14.7 Å². The zero-order valence-corrected chi connectivity index (χ0v) is 13.7. The number of rotatable bonds is 2. The molecule has 4 rings (SSSR count). The van der Waals surface area contributed by atoms with Crippen LogP contribution in [0.25, 0.3) is 10.9 Å². The van der Waals surface area contributed by atoms with Crippen LogP contribution in [0.4, 0.5) is 0 Å². The quantitative estimate of drug-likeness (QED) is 0.729. The van der Waals surface area contributed by atoms with E-state index in [4.69, 9.17) is 4.74 Å². The lowest BCUT2D eigenvalue weighted by atomic mass is 10.1. The summed E-state index contributed by atoms with van der Waals surface area (Å²) < 4.78 is 5.70. The number of nitrogens with zero attached hydrogens (tertiary/aromatic N) is 3.